The van der Waals surface area contributed by atoms with E-state index in [2.05, 4.69) is 22.9 Å². The number of benzene rings is 1. The van der Waals surface area contributed by atoms with Crippen LogP contribution < -0.4 is 14.8 Å². The van der Waals surface area contributed by atoms with Gasteiger partial charge in [0.2, 0.25) is 0 Å². The van der Waals surface area contributed by atoms with Gasteiger partial charge in [0.05, 0.1) is 27.4 Å². The number of nitrogens with one attached hydrogen (secondary N) is 1. The summed E-state index contributed by atoms with van der Waals surface area (Å²) in [5.41, 5.74) is 1.11. The predicted octanol–water partition coefficient (Wildman–Crippen LogP) is 2.63. The Morgan fingerprint density at radius 3 is 2.75 bits per heavy atom. The van der Waals surface area contributed by atoms with Gasteiger partial charge in [-0.05, 0) is 32.0 Å². The highest BCUT2D eigenvalue weighted by Gasteiger charge is 2.18. The molecule has 134 valence electrons. The number of nitrogens with zero attached hydrogens (tertiary/aromatic N) is 1. The van der Waals surface area contributed by atoms with Gasteiger partial charge in [-0.3, -0.25) is 4.90 Å². The zero-order valence-electron chi connectivity index (χ0n) is 14.9. The molecule has 0 saturated carbocycles. The van der Waals surface area contributed by atoms with E-state index in [0.717, 1.165) is 69.3 Å². The maximum atomic E-state index is 5.57. The third-order valence-corrected chi connectivity index (χ3v) is 4.36. The number of rotatable bonds is 10. The van der Waals surface area contributed by atoms with E-state index in [1.54, 1.807) is 14.2 Å². The van der Waals surface area contributed by atoms with E-state index in [1.165, 1.54) is 0 Å². The molecule has 1 aliphatic heterocycles. The number of ether oxygens (including phenoxy) is 3. The third kappa shape index (κ3) is 5.23. The van der Waals surface area contributed by atoms with Gasteiger partial charge in [0.1, 0.15) is 0 Å². The first-order chi connectivity index (χ1) is 11.8. The van der Waals surface area contributed by atoms with Crippen molar-refractivity contribution in [2.24, 2.45) is 0 Å². The van der Waals surface area contributed by atoms with Crippen LogP contribution in [0.15, 0.2) is 30.9 Å². The molecule has 5 heteroatoms. The van der Waals surface area contributed by atoms with Crippen LogP contribution in [0.25, 0.3) is 0 Å². The Labute approximate surface area is 145 Å². The van der Waals surface area contributed by atoms with Gasteiger partial charge in [-0.1, -0.05) is 18.2 Å². The summed E-state index contributed by atoms with van der Waals surface area (Å²) >= 11 is 0. The molecule has 1 heterocycles. The molecule has 2 rings (SSSR count). The van der Waals surface area contributed by atoms with Crippen molar-refractivity contribution in [2.45, 2.75) is 18.9 Å². The van der Waals surface area contributed by atoms with Gasteiger partial charge in [0.15, 0.2) is 11.5 Å². The van der Waals surface area contributed by atoms with Crippen molar-refractivity contribution in [2.75, 3.05) is 53.6 Å². The minimum Gasteiger partial charge on any atom is -0.493 e. The van der Waals surface area contributed by atoms with Crippen molar-refractivity contribution in [1.82, 2.24) is 10.2 Å². The van der Waals surface area contributed by atoms with Crippen molar-refractivity contribution in [3.63, 3.8) is 0 Å². The molecule has 1 unspecified atom stereocenters. The average Bonchev–Trinajstić information content (AvgIpc) is 2.64. The quantitative estimate of drug-likeness (QED) is 0.526. The van der Waals surface area contributed by atoms with Crippen LogP contribution in [0, 0.1) is 0 Å². The van der Waals surface area contributed by atoms with Crippen LogP contribution in [-0.2, 0) is 4.74 Å². The van der Waals surface area contributed by atoms with E-state index in [-0.39, 0.29) is 6.04 Å². The lowest BCUT2D eigenvalue weighted by Gasteiger charge is -2.27. The van der Waals surface area contributed by atoms with Crippen LogP contribution in [0.4, 0.5) is 0 Å². The molecule has 24 heavy (non-hydrogen) atoms. The van der Waals surface area contributed by atoms with Crippen LogP contribution in [0.2, 0.25) is 0 Å². The zero-order valence-corrected chi connectivity index (χ0v) is 14.9. The molecule has 1 N–H and O–H groups in total. The third-order valence-electron chi connectivity index (χ3n) is 4.36. The summed E-state index contributed by atoms with van der Waals surface area (Å²) < 4.78 is 16.4. The Hall–Kier alpha value is -1.56. The maximum Gasteiger partial charge on any atom is 0.165 e. The topological polar surface area (TPSA) is 43.0 Å². The largest absolute Gasteiger partial charge is 0.493 e. The summed E-state index contributed by atoms with van der Waals surface area (Å²) in [6.07, 6.45) is 3.90. The molecule has 1 aromatic carbocycles. The van der Waals surface area contributed by atoms with Crippen LogP contribution in [0.3, 0.4) is 0 Å². The molecule has 5 nitrogen and oxygen atoms in total. The minimum atomic E-state index is 0.178. The summed E-state index contributed by atoms with van der Waals surface area (Å²) in [6.45, 7) is 9.74. The Balaban J connectivity index is 1.92. The smallest absolute Gasteiger partial charge is 0.165 e. The number of methoxy groups -OCH3 is 2. The fourth-order valence-corrected chi connectivity index (χ4v) is 3.08. The van der Waals surface area contributed by atoms with Gasteiger partial charge in [0.25, 0.3) is 0 Å². The molecule has 1 aromatic rings. The Bertz CT molecular complexity index is 501. The minimum absolute atomic E-state index is 0.178. The monoisotopic (exact) mass is 334 g/mol. The van der Waals surface area contributed by atoms with Crippen LogP contribution in [-0.4, -0.2) is 58.5 Å². The summed E-state index contributed by atoms with van der Waals surface area (Å²) in [5, 5.41) is 3.64. The molecule has 1 saturated heterocycles. The second-order valence-electron chi connectivity index (χ2n) is 5.92. The van der Waals surface area contributed by atoms with E-state index in [9.17, 15) is 0 Å². The highest BCUT2D eigenvalue weighted by molar-refractivity contribution is 5.48. The molecule has 0 amide bonds. The molecule has 1 atom stereocenters. The number of hydrogen-bond donors (Lipinski definition) is 1. The van der Waals surface area contributed by atoms with Crippen molar-refractivity contribution >= 4 is 0 Å². The van der Waals surface area contributed by atoms with E-state index >= 15 is 0 Å². The van der Waals surface area contributed by atoms with Crippen molar-refractivity contribution in [3.8, 4) is 11.5 Å². The Kier molecular flexibility index (Phi) is 8.08. The van der Waals surface area contributed by atoms with E-state index < -0.39 is 0 Å². The van der Waals surface area contributed by atoms with Crippen molar-refractivity contribution in [3.05, 3.63) is 36.4 Å². The molecular weight excluding hydrogens is 304 g/mol. The van der Waals surface area contributed by atoms with Crippen LogP contribution in [0.1, 0.15) is 24.4 Å². The molecule has 0 radical (unpaired) electrons. The van der Waals surface area contributed by atoms with Gasteiger partial charge in [0, 0.05) is 24.7 Å². The maximum absolute atomic E-state index is 5.57. The fraction of sp³-hybridized carbons (Fsp3) is 0.579. The SMILES string of the molecule is C=CCC(NCCCN1CCOCC1)c1cccc(OC)c1OC. The normalized spacial score (nSPS) is 16.6. The number of morpholine rings is 1. The summed E-state index contributed by atoms with van der Waals surface area (Å²) in [5.74, 6) is 1.56. The standard InChI is InChI=1S/C19H30N2O3/c1-4-7-17(16-8-5-9-18(22-2)19(16)23-3)20-10-6-11-21-12-14-24-15-13-21/h4-5,8-9,17,20H,1,6-7,10-15H2,2-3H3. The average molecular weight is 334 g/mol. The molecule has 1 aliphatic rings. The van der Waals surface area contributed by atoms with Gasteiger partial charge in [-0.25, -0.2) is 0 Å². The van der Waals surface area contributed by atoms with E-state index in [0.29, 0.717) is 0 Å². The molecule has 0 aromatic heterocycles. The number of hydrogen-bond acceptors (Lipinski definition) is 5. The molecule has 0 bridgehead atoms. The fourth-order valence-electron chi connectivity index (χ4n) is 3.08. The summed E-state index contributed by atoms with van der Waals surface area (Å²) in [4.78, 5) is 2.46. The van der Waals surface area contributed by atoms with E-state index in [1.807, 2.05) is 18.2 Å². The summed E-state index contributed by atoms with van der Waals surface area (Å²) in [6, 6.07) is 6.19. The Morgan fingerprint density at radius 1 is 1.29 bits per heavy atom. The van der Waals surface area contributed by atoms with Crippen molar-refractivity contribution < 1.29 is 14.2 Å². The van der Waals surface area contributed by atoms with Crippen LogP contribution in [0.5, 0.6) is 11.5 Å². The Morgan fingerprint density at radius 2 is 2.08 bits per heavy atom. The molecule has 1 fully saturated rings. The van der Waals surface area contributed by atoms with Gasteiger partial charge in [-0.15, -0.1) is 6.58 Å². The molecule has 0 spiro atoms. The van der Waals surface area contributed by atoms with E-state index in [4.69, 9.17) is 14.2 Å². The second kappa shape index (κ2) is 10.3. The molecule has 0 aliphatic carbocycles. The number of para-hydroxylation sites is 1. The lowest BCUT2D eigenvalue weighted by molar-refractivity contribution is 0.0374. The lowest BCUT2D eigenvalue weighted by Crippen LogP contribution is -2.38. The lowest BCUT2D eigenvalue weighted by atomic mass is 10.0. The highest BCUT2D eigenvalue weighted by Crippen LogP contribution is 2.35. The first-order valence-electron chi connectivity index (χ1n) is 8.65. The first-order valence-corrected chi connectivity index (χ1v) is 8.65. The zero-order chi connectivity index (χ0) is 17.2. The predicted molar refractivity (Wildman–Crippen MR) is 97.0 cm³/mol. The first kappa shape index (κ1) is 18.8. The van der Waals surface area contributed by atoms with Gasteiger partial charge >= 0.3 is 0 Å². The van der Waals surface area contributed by atoms with Crippen LogP contribution >= 0.6 is 0 Å². The summed E-state index contributed by atoms with van der Waals surface area (Å²) in [7, 11) is 3.35. The van der Waals surface area contributed by atoms with Gasteiger partial charge < -0.3 is 19.5 Å². The highest BCUT2D eigenvalue weighted by atomic mass is 16.5. The van der Waals surface area contributed by atoms with Gasteiger partial charge in [-0.2, -0.15) is 0 Å². The van der Waals surface area contributed by atoms with Crippen molar-refractivity contribution in [1.29, 1.82) is 0 Å². The second-order valence-corrected chi connectivity index (χ2v) is 5.92. The molecular formula is C19H30N2O3.